The maximum atomic E-state index is 5.32. The Bertz CT molecular complexity index is 570. The second-order valence-corrected chi connectivity index (χ2v) is 4.49. The predicted octanol–water partition coefficient (Wildman–Crippen LogP) is 1.67. The smallest absolute Gasteiger partial charge is 0.123 e. The van der Waals surface area contributed by atoms with Crippen LogP contribution in [0.25, 0.3) is 11.3 Å². The zero-order chi connectivity index (χ0) is 13.2. The lowest BCUT2D eigenvalue weighted by molar-refractivity contribution is 0.394. The molecule has 0 unspecified atom stereocenters. The summed E-state index contributed by atoms with van der Waals surface area (Å²) in [4.78, 5) is 4.46. The van der Waals surface area contributed by atoms with E-state index in [4.69, 9.17) is 9.47 Å². The predicted molar refractivity (Wildman–Crippen MR) is 72.5 cm³/mol. The van der Waals surface area contributed by atoms with Crippen LogP contribution in [0.5, 0.6) is 11.5 Å². The molecular weight excluding hydrogens is 242 g/mol. The topological polar surface area (TPSA) is 48.3 Å². The first-order valence-electron chi connectivity index (χ1n) is 6.30. The highest BCUT2D eigenvalue weighted by Crippen LogP contribution is 2.30. The van der Waals surface area contributed by atoms with E-state index < -0.39 is 0 Å². The highest BCUT2D eigenvalue weighted by molar-refractivity contribution is 5.64. The molecule has 1 aliphatic rings. The number of hydrogen-bond donors (Lipinski definition) is 1. The Balaban J connectivity index is 2.08. The summed E-state index contributed by atoms with van der Waals surface area (Å²) in [5, 5.41) is 3.32. The van der Waals surface area contributed by atoms with E-state index in [1.807, 2.05) is 24.4 Å². The molecule has 0 saturated carbocycles. The minimum absolute atomic E-state index is 0.791. The van der Waals surface area contributed by atoms with Crippen molar-refractivity contribution in [2.24, 2.45) is 0 Å². The van der Waals surface area contributed by atoms with E-state index in [-0.39, 0.29) is 0 Å². The first-order chi connectivity index (χ1) is 9.31. The average Bonchev–Trinajstić information content (AvgIpc) is 2.90. The zero-order valence-corrected chi connectivity index (χ0v) is 11.1. The van der Waals surface area contributed by atoms with Gasteiger partial charge in [-0.25, -0.2) is 4.98 Å². The summed E-state index contributed by atoms with van der Waals surface area (Å²) < 4.78 is 12.9. The third-order valence-electron chi connectivity index (χ3n) is 3.38. The minimum Gasteiger partial charge on any atom is -0.497 e. The van der Waals surface area contributed by atoms with Gasteiger partial charge in [0.2, 0.25) is 0 Å². The average molecular weight is 259 g/mol. The van der Waals surface area contributed by atoms with Crippen LogP contribution in [-0.4, -0.2) is 30.3 Å². The van der Waals surface area contributed by atoms with Crippen molar-refractivity contribution in [2.75, 3.05) is 20.8 Å². The van der Waals surface area contributed by atoms with Gasteiger partial charge in [0, 0.05) is 24.7 Å². The monoisotopic (exact) mass is 259 g/mol. The van der Waals surface area contributed by atoms with Crippen molar-refractivity contribution in [1.82, 2.24) is 14.9 Å². The van der Waals surface area contributed by atoms with Crippen LogP contribution in [0.1, 0.15) is 5.82 Å². The lowest BCUT2D eigenvalue weighted by Gasteiger charge is -2.18. The van der Waals surface area contributed by atoms with Crippen LogP contribution < -0.4 is 14.8 Å². The fraction of sp³-hybridized carbons (Fsp3) is 0.357. The Labute approximate surface area is 112 Å². The molecule has 0 saturated heterocycles. The highest BCUT2D eigenvalue weighted by atomic mass is 16.5. The van der Waals surface area contributed by atoms with Crippen LogP contribution in [0.4, 0.5) is 0 Å². The van der Waals surface area contributed by atoms with Crippen molar-refractivity contribution in [1.29, 1.82) is 0 Å². The Morgan fingerprint density at radius 1 is 1.16 bits per heavy atom. The number of ether oxygens (including phenoxy) is 2. The van der Waals surface area contributed by atoms with Gasteiger partial charge in [-0.3, -0.25) is 0 Å². The number of rotatable bonds is 3. The molecule has 5 nitrogen and oxygen atoms in total. The van der Waals surface area contributed by atoms with Gasteiger partial charge < -0.3 is 19.4 Å². The molecule has 0 amide bonds. The van der Waals surface area contributed by atoms with E-state index >= 15 is 0 Å². The fourth-order valence-corrected chi connectivity index (χ4v) is 2.38. The lowest BCUT2D eigenvalue weighted by atomic mass is 10.1. The second-order valence-electron chi connectivity index (χ2n) is 4.49. The molecule has 5 heteroatoms. The van der Waals surface area contributed by atoms with Gasteiger partial charge in [-0.1, -0.05) is 0 Å². The maximum Gasteiger partial charge on any atom is 0.123 e. The van der Waals surface area contributed by atoms with Crippen LogP contribution >= 0.6 is 0 Å². The molecule has 1 aliphatic heterocycles. The molecule has 0 aliphatic carbocycles. The molecule has 0 bridgehead atoms. The molecule has 1 N–H and O–H groups in total. The lowest BCUT2D eigenvalue weighted by Crippen LogP contribution is -2.28. The van der Waals surface area contributed by atoms with Crippen LogP contribution in [0.2, 0.25) is 0 Å². The summed E-state index contributed by atoms with van der Waals surface area (Å²) in [6, 6.07) is 5.89. The molecule has 2 heterocycles. The van der Waals surface area contributed by atoms with Crippen LogP contribution in [-0.2, 0) is 13.1 Å². The molecule has 19 heavy (non-hydrogen) atoms. The SMILES string of the molecule is COc1cc(OC)cc(-c2cnc3n2CCNC3)c1. The number of methoxy groups -OCH3 is 2. The van der Waals surface area contributed by atoms with Crippen molar-refractivity contribution >= 4 is 0 Å². The van der Waals surface area contributed by atoms with Crippen LogP contribution in [0, 0.1) is 0 Å². The van der Waals surface area contributed by atoms with Gasteiger partial charge in [-0.15, -0.1) is 0 Å². The van der Waals surface area contributed by atoms with Gasteiger partial charge in [0.25, 0.3) is 0 Å². The number of nitrogens with one attached hydrogen (secondary N) is 1. The van der Waals surface area contributed by atoms with Gasteiger partial charge >= 0.3 is 0 Å². The first kappa shape index (κ1) is 12.0. The molecule has 100 valence electrons. The number of nitrogens with zero attached hydrogens (tertiary/aromatic N) is 2. The third kappa shape index (κ3) is 2.17. The summed E-state index contributed by atoms with van der Waals surface area (Å²) in [5.41, 5.74) is 2.17. The van der Waals surface area contributed by atoms with Crippen LogP contribution in [0.3, 0.4) is 0 Å². The number of aromatic nitrogens is 2. The van der Waals surface area contributed by atoms with Gasteiger partial charge in [0.05, 0.1) is 32.7 Å². The second kappa shape index (κ2) is 4.93. The first-order valence-corrected chi connectivity index (χ1v) is 6.30. The van der Waals surface area contributed by atoms with E-state index in [2.05, 4.69) is 14.9 Å². The molecular formula is C14H17N3O2. The molecule has 3 rings (SSSR count). The van der Waals surface area contributed by atoms with E-state index in [1.54, 1.807) is 14.2 Å². The van der Waals surface area contributed by atoms with Gasteiger partial charge in [0.1, 0.15) is 17.3 Å². The van der Waals surface area contributed by atoms with Crippen molar-refractivity contribution in [2.45, 2.75) is 13.1 Å². The largest absolute Gasteiger partial charge is 0.497 e. The van der Waals surface area contributed by atoms with E-state index in [9.17, 15) is 0 Å². The van der Waals surface area contributed by atoms with Gasteiger partial charge in [-0.2, -0.15) is 0 Å². The summed E-state index contributed by atoms with van der Waals surface area (Å²) in [6.45, 7) is 2.72. The number of benzene rings is 1. The van der Waals surface area contributed by atoms with Crippen molar-refractivity contribution in [3.8, 4) is 22.8 Å². The Morgan fingerprint density at radius 3 is 2.58 bits per heavy atom. The Kier molecular flexibility index (Phi) is 3.13. The maximum absolute atomic E-state index is 5.32. The Hall–Kier alpha value is -2.01. The van der Waals surface area contributed by atoms with Gasteiger partial charge in [0.15, 0.2) is 0 Å². The van der Waals surface area contributed by atoms with E-state index in [0.29, 0.717) is 0 Å². The van der Waals surface area contributed by atoms with E-state index in [0.717, 1.165) is 48.2 Å². The normalized spacial score (nSPS) is 14.0. The van der Waals surface area contributed by atoms with Crippen molar-refractivity contribution in [3.05, 3.63) is 30.2 Å². The third-order valence-corrected chi connectivity index (χ3v) is 3.38. The summed E-state index contributed by atoms with van der Waals surface area (Å²) in [7, 11) is 3.32. The number of imidazole rings is 1. The molecule has 0 radical (unpaired) electrons. The minimum atomic E-state index is 0.791. The molecule has 0 atom stereocenters. The van der Waals surface area contributed by atoms with Crippen molar-refractivity contribution in [3.63, 3.8) is 0 Å². The molecule has 1 aromatic heterocycles. The van der Waals surface area contributed by atoms with Gasteiger partial charge in [-0.05, 0) is 12.1 Å². The molecule has 0 fully saturated rings. The quantitative estimate of drug-likeness (QED) is 0.911. The fourth-order valence-electron chi connectivity index (χ4n) is 2.38. The number of fused-ring (bicyclic) bond motifs is 1. The standard InChI is InChI=1S/C14H17N3O2/c1-18-11-5-10(6-12(7-11)19-2)13-8-16-14-9-15-3-4-17(13)14/h5-8,15H,3-4,9H2,1-2H3. The van der Waals surface area contributed by atoms with Crippen molar-refractivity contribution < 1.29 is 9.47 Å². The summed E-state index contributed by atoms with van der Waals surface area (Å²) >= 11 is 0. The van der Waals surface area contributed by atoms with E-state index in [1.165, 1.54) is 0 Å². The van der Waals surface area contributed by atoms with Crippen LogP contribution in [0.15, 0.2) is 24.4 Å². The molecule has 0 spiro atoms. The molecule has 1 aromatic carbocycles. The zero-order valence-electron chi connectivity index (χ0n) is 11.1. The summed E-state index contributed by atoms with van der Waals surface area (Å²) in [6.07, 6.45) is 1.91. The highest BCUT2D eigenvalue weighted by Gasteiger charge is 2.15. The molecule has 2 aromatic rings. The summed E-state index contributed by atoms with van der Waals surface area (Å²) in [5.74, 6) is 2.65. The number of hydrogen-bond acceptors (Lipinski definition) is 4. The Morgan fingerprint density at radius 2 is 1.89 bits per heavy atom.